The lowest BCUT2D eigenvalue weighted by molar-refractivity contribution is -0.360. The lowest BCUT2D eigenvalue weighted by atomic mass is 9.84. The number of phosphoric acid groups is 1. The van der Waals surface area contributed by atoms with Crippen molar-refractivity contribution >= 4 is 25.7 Å². The second-order valence-electron chi connectivity index (χ2n) is 28.7. The average molecular weight is 1440 g/mol. The highest BCUT2D eigenvalue weighted by molar-refractivity contribution is 7.47. The van der Waals surface area contributed by atoms with Crippen molar-refractivity contribution in [3.8, 4) is 0 Å². The molecule has 2 aliphatic heterocycles. The van der Waals surface area contributed by atoms with Gasteiger partial charge in [0, 0.05) is 19.3 Å². The number of carbonyl (C=O) groups is 3. The Kier molecular flexibility index (Phi) is 51.0. The molecule has 3 rings (SSSR count). The Labute approximate surface area is 593 Å². The van der Waals surface area contributed by atoms with E-state index in [-0.39, 0.29) is 19.3 Å². The van der Waals surface area contributed by atoms with Crippen molar-refractivity contribution in [2.24, 2.45) is 5.92 Å². The molecule has 0 aromatic carbocycles. The van der Waals surface area contributed by atoms with Crippen molar-refractivity contribution in [3.63, 3.8) is 0 Å². The van der Waals surface area contributed by atoms with E-state index in [1.54, 1.807) is 0 Å². The van der Waals surface area contributed by atoms with Crippen molar-refractivity contribution in [1.82, 2.24) is 0 Å². The van der Waals surface area contributed by atoms with Crippen molar-refractivity contribution in [3.05, 3.63) is 0 Å². The normalized spacial score (nSPS) is 27.7. The van der Waals surface area contributed by atoms with Crippen LogP contribution in [0.4, 0.5) is 0 Å². The number of aliphatic hydroxyl groups excluding tert-OH is 10. The van der Waals surface area contributed by atoms with Gasteiger partial charge in [0.05, 0.1) is 13.2 Å². The predicted octanol–water partition coefficient (Wildman–Crippen LogP) is 11.2. The molecule has 1 saturated carbocycles. The largest absolute Gasteiger partial charge is 0.472 e. The molecule has 19 atom stereocenters. The molecule has 0 aromatic rings. The summed E-state index contributed by atoms with van der Waals surface area (Å²) < 4.78 is 65.1. The first-order valence-corrected chi connectivity index (χ1v) is 40.7. The van der Waals surface area contributed by atoms with E-state index in [1.165, 1.54) is 161 Å². The van der Waals surface area contributed by atoms with Gasteiger partial charge in [-0.3, -0.25) is 23.4 Å². The third-order valence-corrected chi connectivity index (χ3v) is 20.8. The van der Waals surface area contributed by atoms with Crippen molar-refractivity contribution in [2.45, 2.75) is 421 Å². The highest BCUT2D eigenvalue weighted by Gasteiger charge is 2.58. The number of hydrogen-bond donors (Lipinski definition) is 11. The first-order chi connectivity index (χ1) is 47.7. The average Bonchev–Trinajstić information content (AvgIpc) is 0.762. The topological polar surface area (TPSA) is 374 Å². The summed E-state index contributed by atoms with van der Waals surface area (Å²) in [7, 11) is -5.69. The van der Waals surface area contributed by atoms with Gasteiger partial charge in [0.2, 0.25) is 0 Å². The smallest absolute Gasteiger partial charge is 0.463 e. The Morgan fingerprint density at radius 1 is 0.384 bits per heavy atom. The van der Waals surface area contributed by atoms with E-state index in [2.05, 4.69) is 27.7 Å². The molecule has 0 radical (unpaired) electrons. The molecule has 0 aromatic heterocycles. The Balaban J connectivity index is 1.71. The van der Waals surface area contributed by atoms with Crippen LogP contribution in [0.5, 0.6) is 0 Å². The maximum atomic E-state index is 14.3. The van der Waals surface area contributed by atoms with E-state index < -0.39 is 156 Å². The van der Waals surface area contributed by atoms with Crippen LogP contribution >= 0.6 is 7.82 Å². The summed E-state index contributed by atoms with van der Waals surface area (Å²) in [5, 5.41) is 110. The van der Waals surface area contributed by atoms with E-state index in [0.29, 0.717) is 25.2 Å². The Hall–Kier alpha value is -2.04. The third kappa shape index (κ3) is 38.7. The number of rotatable bonds is 61. The van der Waals surface area contributed by atoms with Crippen LogP contribution in [-0.4, -0.2) is 204 Å². The molecule has 0 amide bonds. The quantitative estimate of drug-likeness (QED) is 0.0117. The zero-order valence-corrected chi connectivity index (χ0v) is 62.1. The number of phosphoric ester groups is 1. The minimum atomic E-state index is -5.69. The number of unbranched alkanes of at least 4 members (excludes halogenated alkanes) is 36. The van der Waals surface area contributed by atoms with Crippen LogP contribution in [0.2, 0.25) is 0 Å². The fraction of sp³-hybridized carbons (Fsp3) is 0.959. The Morgan fingerprint density at radius 3 is 1.09 bits per heavy atom. The first-order valence-electron chi connectivity index (χ1n) is 39.2. The second kappa shape index (κ2) is 55.4. The Morgan fingerprint density at radius 2 is 0.707 bits per heavy atom. The minimum Gasteiger partial charge on any atom is -0.463 e. The number of aliphatic hydroxyl groups is 10. The summed E-state index contributed by atoms with van der Waals surface area (Å²) >= 11 is 0. The molecule has 19 unspecified atom stereocenters. The van der Waals surface area contributed by atoms with Crippen LogP contribution in [0, 0.1) is 5.92 Å². The van der Waals surface area contributed by atoms with Gasteiger partial charge in [-0.05, 0) is 25.2 Å². The van der Waals surface area contributed by atoms with Gasteiger partial charge in [0.15, 0.2) is 18.7 Å². The lowest BCUT2D eigenvalue weighted by Gasteiger charge is -2.49. The van der Waals surface area contributed by atoms with Crippen LogP contribution in [0.1, 0.15) is 317 Å². The summed E-state index contributed by atoms with van der Waals surface area (Å²) in [6, 6.07) is 0. The number of ether oxygens (including phenoxy) is 7. The standard InChI is InChI=1S/C74H139O24P/c1-5-8-11-14-17-19-21-22-23-24-25-26-28-29-31-37-42-47-58(76)90-51-55(93-60(78)49-44-39-32-30-27-20-18-15-12-9-6-2)52-92-99(88,89)98-72-70(96-73-68(86)63(81)61(79)56(50-75)94-73)66(84)65(83)67(85)71(72)97-74-69(87)64(82)62(80)57(95-74)53-91-59(77)48-43-38-34-33-36-41-46-54(4)45-40-35-16-13-10-7-3/h54-57,61-75,79-87H,5-53H2,1-4H3,(H,88,89). The summed E-state index contributed by atoms with van der Waals surface area (Å²) in [5.74, 6) is -1.28. The van der Waals surface area contributed by atoms with Gasteiger partial charge in [-0.2, -0.15) is 0 Å². The molecule has 99 heavy (non-hydrogen) atoms. The molecule has 2 saturated heterocycles. The molecular formula is C74H139O24P. The van der Waals surface area contributed by atoms with Gasteiger partial charge in [-0.1, -0.05) is 278 Å². The van der Waals surface area contributed by atoms with Gasteiger partial charge < -0.3 is 89.1 Å². The zero-order valence-electron chi connectivity index (χ0n) is 61.2. The van der Waals surface area contributed by atoms with E-state index in [9.17, 15) is 74.9 Å². The molecular weight excluding hydrogens is 1300 g/mol. The highest BCUT2D eigenvalue weighted by atomic mass is 31.2. The van der Waals surface area contributed by atoms with Crippen LogP contribution in [0.15, 0.2) is 0 Å². The molecule has 11 N–H and O–H groups in total. The minimum absolute atomic E-state index is 0.0310. The molecule has 1 aliphatic carbocycles. The van der Waals surface area contributed by atoms with Crippen LogP contribution < -0.4 is 0 Å². The molecule has 24 nitrogen and oxygen atoms in total. The molecule has 0 spiro atoms. The van der Waals surface area contributed by atoms with Crippen LogP contribution in [0.25, 0.3) is 0 Å². The lowest BCUT2D eigenvalue weighted by Crippen LogP contribution is -2.69. The SMILES string of the molecule is CCCCCCCCCCCCCCCCCCCC(=O)OCC(COP(=O)(O)OC1C(OC2OC(CO)C(O)C(O)C2O)C(O)C(O)C(O)C1OC1OC(COC(=O)CCCCCCCCC(C)CCCCCCCC)C(O)C(O)C1O)OC(=O)CCCCCCCCCCCCC. The highest BCUT2D eigenvalue weighted by Crippen LogP contribution is 2.49. The zero-order chi connectivity index (χ0) is 72.6. The fourth-order valence-corrected chi connectivity index (χ4v) is 14.3. The maximum absolute atomic E-state index is 14.3. The van der Waals surface area contributed by atoms with E-state index in [1.807, 2.05) is 0 Å². The Bertz CT molecular complexity index is 2060. The van der Waals surface area contributed by atoms with E-state index >= 15 is 0 Å². The van der Waals surface area contributed by atoms with E-state index in [0.717, 1.165) is 89.9 Å². The van der Waals surface area contributed by atoms with E-state index in [4.69, 9.17) is 42.2 Å². The van der Waals surface area contributed by atoms with Crippen molar-refractivity contribution in [2.75, 3.05) is 26.4 Å². The summed E-state index contributed by atoms with van der Waals surface area (Å²) in [4.78, 5) is 51.0. The van der Waals surface area contributed by atoms with Crippen LogP contribution in [0.3, 0.4) is 0 Å². The van der Waals surface area contributed by atoms with Gasteiger partial charge in [-0.25, -0.2) is 4.57 Å². The molecule has 2 heterocycles. The number of carbonyl (C=O) groups excluding carboxylic acids is 3. The number of esters is 3. The van der Waals surface area contributed by atoms with Gasteiger partial charge in [-0.15, -0.1) is 0 Å². The predicted molar refractivity (Wildman–Crippen MR) is 375 cm³/mol. The monoisotopic (exact) mass is 1440 g/mol. The molecule has 25 heteroatoms. The second-order valence-corrected chi connectivity index (χ2v) is 30.1. The fourth-order valence-electron chi connectivity index (χ4n) is 13.3. The van der Waals surface area contributed by atoms with Gasteiger partial charge in [0.25, 0.3) is 0 Å². The van der Waals surface area contributed by atoms with Crippen molar-refractivity contribution in [1.29, 1.82) is 0 Å². The van der Waals surface area contributed by atoms with Gasteiger partial charge >= 0.3 is 25.7 Å². The van der Waals surface area contributed by atoms with Gasteiger partial charge in [0.1, 0.15) is 98.7 Å². The molecule has 3 aliphatic rings. The first kappa shape index (κ1) is 91.2. The summed E-state index contributed by atoms with van der Waals surface area (Å²) in [6.45, 7) is 5.79. The molecule has 3 fully saturated rings. The summed E-state index contributed by atoms with van der Waals surface area (Å²) in [5.41, 5.74) is 0. The van der Waals surface area contributed by atoms with Crippen LogP contribution in [-0.2, 0) is 61.2 Å². The molecule has 584 valence electrons. The maximum Gasteiger partial charge on any atom is 0.472 e. The number of hydrogen-bond acceptors (Lipinski definition) is 23. The summed E-state index contributed by atoms with van der Waals surface area (Å²) in [6.07, 6.45) is 11.7. The third-order valence-electron chi connectivity index (χ3n) is 19.8. The van der Waals surface area contributed by atoms with Crippen molar-refractivity contribution < 1.29 is 117 Å². The molecule has 0 bridgehead atoms.